The van der Waals surface area contributed by atoms with Gasteiger partial charge in [0.25, 0.3) is 5.91 Å². The lowest BCUT2D eigenvalue weighted by molar-refractivity contribution is -0.118. The Morgan fingerprint density at radius 1 is 1.00 bits per heavy atom. The number of carbonyl (C=O) groups excluding carboxylic acids is 1. The number of hydrogen-bond donors (Lipinski definition) is 2. The molecular formula is C22H17Cl3N4O3. The molecule has 2 N–H and O–H groups in total. The van der Waals surface area contributed by atoms with Gasteiger partial charge in [0, 0.05) is 11.6 Å². The summed E-state index contributed by atoms with van der Waals surface area (Å²) in [6.07, 6.45) is 0.460. The molecule has 3 aromatic carbocycles. The van der Waals surface area contributed by atoms with Crippen molar-refractivity contribution in [2.75, 3.05) is 18.5 Å². The van der Waals surface area contributed by atoms with Crippen molar-refractivity contribution in [2.24, 2.45) is 0 Å². The van der Waals surface area contributed by atoms with Gasteiger partial charge in [-0.1, -0.05) is 53.0 Å². The van der Waals surface area contributed by atoms with E-state index in [4.69, 9.17) is 39.5 Å². The molecule has 164 valence electrons. The van der Waals surface area contributed by atoms with Crippen LogP contribution < -0.4 is 10.1 Å². The molecule has 0 aliphatic rings. The minimum Gasteiger partial charge on any atom is -0.481 e. The molecule has 1 heterocycles. The van der Waals surface area contributed by atoms with Crippen LogP contribution >= 0.6 is 34.8 Å². The van der Waals surface area contributed by atoms with Gasteiger partial charge < -0.3 is 15.2 Å². The second-order valence-electron chi connectivity index (χ2n) is 6.84. The predicted octanol–water partition coefficient (Wildman–Crippen LogP) is 4.93. The first-order valence-corrected chi connectivity index (χ1v) is 10.7. The van der Waals surface area contributed by atoms with E-state index in [1.54, 1.807) is 6.07 Å². The Kier molecular flexibility index (Phi) is 6.81. The number of ether oxygens (including phenoxy) is 1. The van der Waals surface area contributed by atoms with E-state index in [9.17, 15) is 9.90 Å². The molecule has 10 heteroatoms. The number of aromatic nitrogens is 3. The molecule has 0 unspecified atom stereocenters. The number of nitrogens with zero attached hydrogens (tertiary/aromatic N) is 3. The lowest BCUT2D eigenvalue weighted by Crippen LogP contribution is -2.21. The largest absolute Gasteiger partial charge is 0.481 e. The van der Waals surface area contributed by atoms with Crippen LogP contribution in [0.15, 0.2) is 54.6 Å². The van der Waals surface area contributed by atoms with E-state index < -0.39 is 5.91 Å². The van der Waals surface area contributed by atoms with Gasteiger partial charge in [0.05, 0.1) is 15.7 Å². The maximum atomic E-state index is 12.5. The summed E-state index contributed by atoms with van der Waals surface area (Å²) in [5, 5.41) is 21.7. The van der Waals surface area contributed by atoms with E-state index in [1.165, 1.54) is 16.9 Å². The van der Waals surface area contributed by atoms with Crippen LogP contribution in [0.2, 0.25) is 15.1 Å². The smallest absolute Gasteiger partial charge is 0.262 e. The Labute approximate surface area is 198 Å². The highest BCUT2D eigenvalue weighted by Crippen LogP contribution is 2.33. The topological polar surface area (TPSA) is 89.3 Å². The van der Waals surface area contributed by atoms with Crippen molar-refractivity contribution in [3.8, 4) is 11.4 Å². The van der Waals surface area contributed by atoms with Gasteiger partial charge in [-0.25, -0.2) is 0 Å². The summed E-state index contributed by atoms with van der Waals surface area (Å²) in [5.74, 6) is -0.0597. The average molecular weight is 492 g/mol. The first-order chi connectivity index (χ1) is 15.4. The summed E-state index contributed by atoms with van der Waals surface area (Å²) < 4.78 is 5.77. The lowest BCUT2D eigenvalue weighted by atomic mass is 10.1. The molecule has 1 aromatic heterocycles. The van der Waals surface area contributed by atoms with Crippen LogP contribution in [0.4, 0.5) is 5.69 Å². The highest BCUT2D eigenvalue weighted by atomic mass is 35.5. The molecular weight excluding hydrogens is 475 g/mol. The van der Waals surface area contributed by atoms with Crippen LogP contribution in [0.1, 0.15) is 5.56 Å². The third-order valence-electron chi connectivity index (χ3n) is 4.56. The number of rotatable bonds is 7. The Hall–Kier alpha value is -2.84. The fourth-order valence-corrected chi connectivity index (χ4v) is 3.99. The van der Waals surface area contributed by atoms with Gasteiger partial charge in [0.15, 0.2) is 6.61 Å². The van der Waals surface area contributed by atoms with Gasteiger partial charge in [-0.15, -0.1) is 15.0 Å². The number of fused-ring (bicyclic) bond motifs is 1. The number of halogens is 3. The van der Waals surface area contributed by atoms with E-state index in [-0.39, 0.29) is 28.9 Å². The Morgan fingerprint density at radius 3 is 2.28 bits per heavy atom. The molecule has 0 radical (unpaired) electrons. The number of amides is 1. The minimum absolute atomic E-state index is 0.000822. The van der Waals surface area contributed by atoms with Crippen LogP contribution in [-0.4, -0.2) is 39.2 Å². The van der Waals surface area contributed by atoms with Gasteiger partial charge in [-0.05, 0) is 48.4 Å². The second-order valence-corrected chi connectivity index (χ2v) is 8.09. The van der Waals surface area contributed by atoms with Gasteiger partial charge >= 0.3 is 0 Å². The van der Waals surface area contributed by atoms with Crippen LogP contribution in [-0.2, 0) is 11.2 Å². The van der Waals surface area contributed by atoms with Gasteiger partial charge in [-0.2, -0.15) is 0 Å². The van der Waals surface area contributed by atoms with Crippen molar-refractivity contribution in [3.05, 3.63) is 75.2 Å². The fourth-order valence-electron chi connectivity index (χ4n) is 3.07. The normalized spacial score (nSPS) is 11.0. The number of hydrogen-bond acceptors (Lipinski definition) is 5. The monoisotopic (exact) mass is 490 g/mol. The SMILES string of the molecule is O=C(COc1ccc(CCO)cc1-n1nc2ccccc2n1)Nc1c(Cl)cc(Cl)cc1Cl. The summed E-state index contributed by atoms with van der Waals surface area (Å²) in [6, 6.07) is 15.8. The number of benzene rings is 3. The Morgan fingerprint density at radius 2 is 1.66 bits per heavy atom. The zero-order valence-corrected chi connectivity index (χ0v) is 18.8. The number of aliphatic hydroxyl groups excluding tert-OH is 1. The van der Waals surface area contributed by atoms with E-state index >= 15 is 0 Å². The molecule has 0 atom stereocenters. The summed E-state index contributed by atoms with van der Waals surface area (Å²) >= 11 is 18.1. The Balaban J connectivity index is 1.57. The van der Waals surface area contributed by atoms with E-state index in [1.807, 2.05) is 36.4 Å². The molecule has 4 rings (SSSR count). The molecule has 0 aliphatic carbocycles. The van der Waals surface area contributed by atoms with E-state index in [0.717, 1.165) is 16.6 Å². The molecule has 0 spiro atoms. The van der Waals surface area contributed by atoms with Crippen LogP contribution in [0.5, 0.6) is 5.75 Å². The van der Waals surface area contributed by atoms with Gasteiger partial charge in [-0.3, -0.25) is 4.79 Å². The summed E-state index contributed by atoms with van der Waals surface area (Å²) in [6.45, 7) is -0.304. The van der Waals surface area contributed by atoms with Crippen molar-refractivity contribution in [2.45, 2.75) is 6.42 Å². The maximum Gasteiger partial charge on any atom is 0.262 e. The zero-order valence-electron chi connectivity index (χ0n) is 16.6. The van der Waals surface area contributed by atoms with Crippen molar-refractivity contribution >= 4 is 57.4 Å². The van der Waals surface area contributed by atoms with Gasteiger partial charge in [0.2, 0.25) is 0 Å². The maximum absolute atomic E-state index is 12.5. The van der Waals surface area contributed by atoms with Gasteiger partial charge in [0.1, 0.15) is 22.5 Å². The first kappa shape index (κ1) is 22.4. The third-order valence-corrected chi connectivity index (χ3v) is 5.37. The molecule has 0 aliphatic heterocycles. The van der Waals surface area contributed by atoms with E-state index in [0.29, 0.717) is 22.9 Å². The molecule has 0 fully saturated rings. The van der Waals surface area contributed by atoms with Crippen LogP contribution in [0.25, 0.3) is 16.7 Å². The predicted molar refractivity (Wildman–Crippen MR) is 125 cm³/mol. The van der Waals surface area contributed by atoms with Crippen molar-refractivity contribution in [3.63, 3.8) is 0 Å². The highest BCUT2D eigenvalue weighted by molar-refractivity contribution is 6.42. The standard InChI is InChI=1S/C22H17Cl3N4O3/c23-14-10-15(24)22(16(25)11-14)26-21(31)12-32-20-6-5-13(7-8-30)9-19(20)29-27-17-3-1-2-4-18(17)28-29/h1-6,9-11,30H,7-8,12H2,(H,26,31). The number of carbonyl (C=O) groups is 1. The molecule has 0 saturated heterocycles. The lowest BCUT2D eigenvalue weighted by Gasteiger charge is -2.13. The summed E-state index contributed by atoms with van der Waals surface area (Å²) in [4.78, 5) is 13.9. The minimum atomic E-state index is -0.458. The number of nitrogens with one attached hydrogen (secondary N) is 1. The van der Waals surface area contributed by atoms with Crippen LogP contribution in [0, 0.1) is 0 Å². The summed E-state index contributed by atoms with van der Waals surface area (Å²) in [7, 11) is 0. The van der Waals surface area contributed by atoms with Crippen LogP contribution in [0.3, 0.4) is 0 Å². The molecule has 0 saturated carbocycles. The number of anilines is 1. The van der Waals surface area contributed by atoms with Crippen molar-refractivity contribution in [1.82, 2.24) is 15.0 Å². The number of aliphatic hydroxyl groups is 1. The van der Waals surface area contributed by atoms with E-state index in [2.05, 4.69) is 15.5 Å². The molecule has 32 heavy (non-hydrogen) atoms. The zero-order chi connectivity index (χ0) is 22.7. The fraction of sp³-hybridized carbons (Fsp3) is 0.136. The highest BCUT2D eigenvalue weighted by Gasteiger charge is 2.15. The van der Waals surface area contributed by atoms with Crippen molar-refractivity contribution < 1.29 is 14.6 Å². The first-order valence-electron chi connectivity index (χ1n) is 9.58. The molecule has 7 nitrogen and oxygen atoms in total. The Bertz CT molecular complexity index is 1240. The molecule has 1 amide bonds. The average Bonchev–Trinajstić information content (AvgIpc) is 3.19. The van der Waals surface area contributed by atoms with Crippen molar-refractivity contribution in [1.29, 1.82) is 0 Å². The summed E-state index contributed by atoms with van der Waals surface area (Å²) in [5.41, 5.74) is 3.11. The third kappa shape index (κ3) is 4.97. The second kappa shape index (κ2) is 9.75. The molecule has 4 aromatic rings. The quantitative estimate of drug-likeness (QED) is 0.382. The molecule has 0 bridgehead atoms.